The highest BCUT2D eigenvalue weighted by Crippen LogP contribution is 2.27. The molecule has 1 heterocycles. The first-order valence-electron chi connectivity index (χ1n) is 10.6. The smallest absolute Gasteiger partial charge is 0.407 e. The fraction of sp³-hybridized carbons (Fsp3) is 0.591. The van der Waals surface area contributed by atoms with Crippen LogP contribution >= 0.6 is 24.0 Å². The van der Waals surface area contributed by atoms with Crippen molar-refractivity contribution < 1.29 is 14.3 Å². The van der Waals surface area contributed by atoms with E-state index in [4.69, 9.17) is 4.74 Å². The number of carbonyl (C=O) groups is 2. The normalized spacial score (nSPS) is 13.2. The van der Waals surface area contributed by atoms with E-state index in [9.17, 15) is 9.59 Å². The second-order valence-electron chi connectivity index (χ2n) is 8.24. The lowest BCUT2D eigenvalue weighted by Gasteiger charge is -2.19. The molecule has 174 valence electrons. The molecule has 2 amide bonds. The summed E-state index contributed by atoms with van der Waals surface area (Å²) in [6.07, 6.45) is 2.50. The van der Waals surface area contributed by atoms with Crippen molar-refractivity contribution in [2.45, 2.75) is 52.1 Å². The van der Waals surface area contributed by atoms with Crippen LogP contribution in [0, 0.1) is 0 Å². The third-order valence-corrected chi connectivity index (χ3v) is 4.59. The Bertz CT molecular complexity index is 749. The number of benzene rings is 1. The minimum absolute atomic E-state index is 0. The number of hydrogen-bond donors (Lipinski definition) is 3. The lowest BCUT2D eigenvalue weighted by Crippen LogP contribution is -2.40. The van der Waals surface area contributed by atoms with Crippen LogP contribution in [0.15, 0.2) is 29.3 Å². The van der Waals surface area contributed by atoms with Gasteiger partial charge in [-0.25, -0.2) is 4.79 Å². The summed E-state index contributed by atoms with van der Waals surface area (Å²) in [5.74, 6) is 0.851. The van der Waals surface area contributed by atoms with Gasteiger partial charge in [0.2, 0.25) is 5.91 Å². The first-order valence-corrected chi connectivity index (χ1v) is 10.6. The Labute approximate surface area is 202 Å². The van der Waals surface area contributed by atoms with Crippen molar-refractivity contribution in [3.8, 4) is 0 Å². The summed E-state index contributed by atoms with van der Waals surface area (Å²) >= 11 is 0. The van der Waals surface area contributed by atoms with Gasteiger partial charge in [-0.05, 0) is 51.7 Å². The number of carbonyl (C=O) groups excluding carboxylic acids is 2. The third-order valence-electron chi connectivity index (χ3n) is 4.59. The Morgan fingerprint density at radius 1 is 1.06 bits per heavy atom. The molecule has 1 aliphatic heterocycles. The molecule has 0 aromatic heterocycles. The number of fused-ring (bicyclic) bond motifs is 1. The maximum Gasteiger partial charge on any atom is 0.407 e. The van der Waals surface area contributed by atoms with Gasteiger partial charge in [-0.1, -0.05) is 18.2 Å². The minimum atomic E-state index is -0.492. The Morgan fingerprint density at radius 2 is 1.71 bits per heavy atom. The van der Waals surface area contributed by atoms with Gasteiger partial charge in [0.15, 0.2) is 5.96 Å². The SMILES string of the molecule is CN=C(NCCCNC(=O)OC(C)(C)C)NCCCC(=O)N1CCc2ccccc21.I. The standard InChI is InChI=1S/C22H35N5O3.HI/c1-22(2,3)30-21(29)26-15-8-14-25-20(23-4)24-13-7-11-19(28)27-16-12-17-9-5-6-10-18(17)27;/h5-6,9-10H,7-8,11-16H2,1-4H3,(H,26,29)(H2,23,24,25);1H. The van der Waals surface area contributed by atoms with Crippen LogP contribution in [0.1, 0.15) is 45.6 Å². The summed E-state index contributed by atoms with van der Waals surface area (Å²) in [6, 6.07) is 8.10. The van der Waals surface area contributed by atoms with Gasteiger partial charge in [-0.3, -0.25) is 9.79 Å². The highest BCUT2D eigenvalue weighted by Gasteiger charge is 2.23. The van der Waals surface area contributed by atoms with E-state index in [0.717, 1.165) is 31.5 Å². The Morgan fingerprint density at radius 3 is 2.39 bits per heavy atom. The number of rotatable bonds is 8. The molecule has 31 heavy (non-hydrogen) atoms. The monoisotopic (exact) mass is 545 g/mol. The molecule has 2 rings (SSSR count). The number of hydrogen-bond acceptors (Lipinski definition) is 4. The summed E-state index contributed by atoms with van der Waals surface area (Å²) in [5, 5.41) is 9.15. The molecule has 0 atom stereocenters. The number of halogens is 1. The number of para-hydroxylation sites is 1. The summed E-state index contributed by atoms with van der Waals surface area (Å²) < 4.78 is 5.19. The topological polar surface area (TPSA) is 95.1 Å². The second-order valence-corrected chi connectivity index (χ2v) is 8.24. The van der Waals surface area contributed by atoms with E-state index in [1.165, 1.54) is 5.56 Å². The van der Waals surface area contributed by atoms with E-state index >= 15 is 0 Å². The summed E-state index contributed by atoms with van der Waals surface area (Å²) in [5.41, 5.74) is 1.80. The fourth-order valence-electron chi connectivity index (χ4n) is 3.20. The van der Waals surface area contributed by atoms with Crippen LogP contribution in [0.4, 0.5) is 10.5 Å². The van der Waals surface area contributed by atoms with Crippen molar-refractivity contribution in [1.82, 2.24) is 16.0 Å². The molecule has 0 spiro atoms. The number of nitrogens with zero attached hydrogens (tertiary/aromatic N) is 2. The molecule has 0 saturated heterocycles. The van der Waals surface area contributed by atoms with Gasteiger partial charge in [-0.15, -0.1) is 24.0 Å². The van der Waals surface area contributed by atoms with Crippen LogP contribution in [0.5, 0.6) is 0 Å². The number of guanidine groups is 1. The van der Waals surface area contributed by atoms with Gasteiger partial charge < -0.3 is 25.6 Å². The number of ether oxygens (including phenoxy) is 1. The molecular formula is C22H36IN5O3. The van der Waals surface area contributed by atoms with Crippen LogP contribution < -0.4 is 20.9 Å². The lowest BCUT2D eigenvalue weighted by atomic mass is 10.2. The van der Waals surface area contributed by atoms with Gasteiger partial charge >= 0.3 is 6.09 Å². The van der Waals surface area contributed by atoms with E-state index in [-0.39, 0.29) is 29.9 Å². The largest absolute Gasteiger partial charge is 0.444 e. The van der Waals surface area contributed by atoms with E-state index in [0.29, 0.717) is 32.0 Å². The number of amides is 2. The fourth-order valence-corrected chi connectivity index (χ4v) is 3.20. The number of aliphatic imine (C=N–C) groups is 1. The van der Waals surface area contributed by atoms with Crippen molar-refractivity contribution in [3.05, 3.63) is 29.8 Å². The molecule has 0 fully saturated rings. The molecule has 0 aliphatic carbocycles. The molecule has 1 aliphatic rings. The number of nitrogens with one attached hydrogen (secondary N) is 3. The highest BCUT2D eigenvalue weighted by molar-refractivity contribution is 14.0. The Hall–Kier alpha value is -2.04. The summed E-state index contributed by atoms with van der Waals surface area (Å²) in [6.45, 7) is 8.12. The van der Waals surface area contributed by atoms with E-state index in [2.05, 4.69) is 27.0 Å². The van der Waals surface area contributed by atoms with Gasteiger partial charge in [0, 0.05) is 45.3 Å². The number of alkyl carbamates (subject to hydrolysis) is 1. The van der Waals surface area contributed by atoms with E-state index in [1.807, 2.05) is 43.9 Å². The molecule has 0 saturated carbocycles. The van der Waals surface area contributed by atoms with Crippen LogP contribution in [0.3, 0.4) is 0 Å². The predicted molar refractivity (Wildman–Crippen MR) is 135 cm³/mol. The molecule has 1 aromatic carbocycles. The molecule has 3 N–H and O–H groups in total. The molecule has 1 aromatic rings. The summed E-state index contributed by atoms with van der Waals surface area (Å²) in [7, 11) is 1.71. The third kappa shape index (κ3) is 9.75. The van der Waals surface area contributed by atoms with Gasteiger partial charge in [0.1, 0.15) is 5.60 Å². The highest BCUT2D eigenvalue weighted by atomic mass is 127. The van der Waals surface area contributed by atoms with E-state index < -0.39 is 11.7 Å². The van der Waals surface area contributed by atoms with Crippen LogP contribution in [-0.2, 0) is 16.0 Å². The van der Waals surface area contributed by atoms with Gasteiger partial charge in [-0.2, -0.15) is 0 Å². The predicted octanol–water partition coefficient (Wildman–Crippen LogP) is 3.05. The quantitative estimate of drug-likeness (QED) is 0.202. The molecule has 9 heteroatoms. The Kier molecular flexibility index (Phi) is 11.7. The number of anilines is 1. The average Bonchev–Trinajstić information content (AvgIpc) is 3.12. The summed E-state index contributed by atoms with van der Waals surface area (Å²) in [4.78, 5) is 30.2. The molecule has 0 unspecified atom stereocenters. The average molecular weight is 545 g/mol. The first kappa shape index (κ1) is 27.0. The minimum Gasteiger partial charge on any atom is -0.444 e. The molecular weight excluding hydrogens is 509 g/mol. The lowest BCUT2D eigenvalue weighted by molar-refractivity contribution is -0.118. The zero-order valence-corrected chi connectivity index (χ0v) is 21.3. The van der Waals surface area contributed by atoms with Gasteiger partial charge in [0.25, 0.3) is 0 Å². The van der Waals surface area contributed by atoms with Crippen LogP contribution in [0.25, 0.3) is 0 Å². The molecule has 0 radical (unpaired) electrons. The van der Waals surface area contributed by atoms with Crippen molar-refractivity contribution in [2.24, 2.45) is 4.99 Å². The first-order chi connectivity index (χ1) is 14.3. The van der Waals surface area contributed by atoms with Crippen molar-refractivity contribution in [3.63, 3.8) is 0 Å². The zero-order chi connectivity index (χ0) is 22.0. The zero-order valence-electron chi connectivity index (χ0n) is 19.0. The molecule has 8 nitrogen and oxygen atoms in total. The maximum atomic E-state index is 12.5. The van der Waals surface area contributed by atoms with Crippen molar-refractivity contribution >= 4 is 47.6 Å². The molecule has 0 bridgehead atoms. The van der Waals surface area contributed by atoms with Crippen LogP contribution in [-0.4, -0.2) is 56.8 Å². The van der Waals surface area contributed by atoms with E-state index in [1.54, 1.807) is 7.05 Å². The Balaban J connectivity index is 0.00000480. The van der Waals surface area contributed by atoms with Crippen molar-refractivity contribution in [2.75, 3.05) is 38.1 Å². The van der Waals surface area contributed by atoms with Gasteiger partial charge in [0.05, 0.1) is 0 Å². The van der Waals surface area contributed by atoms with Crippen molar-refractivity contribution in [1.29, 1.82) is 0 Å². The second kappa shape index (κ2) is 13.4. The maximum absolute atomic E-state index is 12.5. The van der Waals surface area contributed by atoms with Crippen LogP contribution in [0.2, 0.25) is 0 Å².